The van der Waals surface area contributed by atoms with E-state index in [-0.39, 0.29) is 11.4 Å². The predicted molar refractivity (Wildman–Crippen MR) is 65.0 cm³/mol. The summed E-state index contributed by atoms with van der Waals surface area (Å²) in [5.41, 5.74) is 0.909. The van der Waals surface area contributed by atoms with Crippen LogP contribution in [0.2, 0.25) is 0 Å². The zero-order valence-electron chi connectivity index (χ0n) is 10.1. The van der Waals surface area contributed by atoms with Crippen LogP contribution in [0.15, 0.2) is 39.7 Å². The quantitative estimate of drug-likeness (QED) is 0.716. The molecule has 3 aromatic rings. The number of hydrogen-bond donors (Lipinski definition) is 0. The largest absolute Gasteiger partial charge is 0.461 e. The maximum atomic E-state index is 9.03. The van der Waals surface area contributed by atoms with Crippen molar-refractivity contribution in [2.24, 2.45) is 0 Å². The zero-order valence-corrected chi connectivity index (χ0v) is 10.1. The number of nitriles is 2. The van der Waals surface area contributed by atoms with E-state index >= 15 is 0 Å². The molecule has 0 radical (unpaired) electrons. The second kappa shape index (κ2) is 4.75. The van der Waals surface area contributed by atoms with Gasteiger partial charge >= 0.3 is 0 Å². The minimum Gasteiger partial charge on any atom is -0.461 e. The maximum absolute atomic E-state index is 9.03. The summed E-state index contributed by atoms with van der Waals surface area (Å²) in [4.78, 5) is 3.86. The van der Waals surface area contributed by atoms with Crippen LogP contribution >= 0.6 is 0 Å². The van der Waals surface area contributed by atoms with Crippen molar-refractivity contribution < 1.29 is 8.94 Å². The molecular formula is C13H7N5O2. The van der Waals surface area contributed by atoms with Crippen LogP contribution in [0.25, 0.3) is 11.5 Å². The molecule has 0 unspecified atom stereocenters. The van der Waals surface area contributed by atoms with Gasteiger partial charge in [0.05, 0.1) is 19.1 Å². The third-order valence-corrected chi connectivity index (χ3v) is 2.70. The van der Waals surface area contributed by atoms with Gasteiger partial charge in [0, 0.05) is 6.07 Å². The van der Waals surface area contributed by atoms with E-state index in [2.05, 4.69) is 10.1 Å². The Bertz CT molecular complexity index is 814. The number of rotatable bonds is 3. The molecule has 96 valence electrons. The average molecular weight is 265 g/mol. The Labute approximate surface area is 113 Å². The molecule has 20 heavy (non-hydrogen) atoms. The molecular weight excluding hydrogens is 258 g/mol. The van der Waals surface area contributed by atoms with Gasteiger partial charge in [0.25, 0.3) is 0 Å². The van der Waals surface area contributed by atoms with Gasteiger partial charge < -0.3 is 13.5 Å². The Morgan fingerprint density at radius 1 is 1.25 bits per heavy atom. The van der Waals surface area contributed by atoms with Gasteiger partial charge in [0.15, 0.2) is 17.1 Å². The third kappa shape index (κ3) is 1.93. The molecule has 0 saturated heterocycles. The molecule has 3 aromatic heterocycles. The topological polar surface area (TPSA) is 105 Å². The molecule has 0 fully saturated rings. The van der Waals surface area contributed by atoms with Gasteiger partial charge in [-0.15, -0.1) is 0 Å². The summed E-state index contributed by atoms with van der Waals surface area (Å²) in [6.45, 7) is 0.293. The van der Waals surface area contributed by atoms with Crippen LogP contribution in [-0.2, 0) is 6.54 Å². The van der Waals surface area contributed by atoms with Crippen molar-refractivity contribution in [3.63, 3.8) is 0 Å². The van der Waals surface area contributed by atoms with Crippen LogP contribution in [0, 0.1) is 22.7 Å². The summed E-state index contributed by atoms with van der Waals surface area (Å²) in [5.74, 6) is 1.08. The molecule has 0 atom stereocenters. The van der Waals surface area contributed by atoms with Gasteiger partial charge in [-0.1, -0.05) is 5.16 Å². The van der Waals surface area contributed by atoms with Crippen LogP contribution in [0.5, 0.6) is 0 Å². The van der Waals surface area contributed by atoms with Gasteiger partial charge in [-0.05, 0) is 12.1 Å². The molecule has 0 saturated carbocycles. The molecule has 0 aromatic carbocycles. The van der Waals surface area contributed by atoms with E-state index in [4.69, 9.17) is 19.5 Å². The SMILES string of the molecule is N#Cc1ncn(Cc2cc(-c3ccco3)on2)c1C#N. The van der Waals surface area contributed by atoms with Gasteiger partial charge in [-0.2, -0.15) is 10.5 Å². The fourth-order valence-corrected chi connectivity index (χ4v) is 1.80. The highest BCUT2D eigenvalue weighted by Crippen LogP contribution is 2.21. The number of furan rings is 1. The smallest absolute Gasteiger partial charge is 0.202 e. The van der Waals surface area contributed by atoms with Crippen molar-refractivity contribution in [1.29, 1.82) is 10.5 Å². The lowest BCUT2D eigenvalue weighted by Crippen LogP contribution is -2.01. The standard InChI is InChI=1S/C13H7N5O2/c14-5-10-11(6-15)18(8-16-10)7-9-4-13(20-17-9)12-2-1-3-19-12/h1-4,8H,7H2. The highest BCUT2D eigenvalue weighted by Gasteiger charge is 2.13. The molecule has 7 heteroatoms. The van der Waals surface area contributed by atoms with Crippen molar-refractivity contribution in [2.75, 3.05) is 0 Å². The van der Waals surface area contributed by atoms with E-state index in [0.717, 1.165) is 0 Å². The first kappa shape index (κ1) is 11.8. The highest BCUT2D eigenvalue weighted by atomic mass is 16.5. The van der Waals surface area contributed by atoms with Crippen molar-refractivity contribution in [2.45, 2.75) is 6.54 Å². The fraction of sp³-hybridized carbons (Fsp3) is 0.0769. The lowest BCUT2D eigenvalue weighted by molar-refractivity contribution is 0.408. The lowest BCUT2D eigenvalue weighted by atomic mass is 10.3. The first-order chi connectivity index (χ1) is 9.81. The maximum Gasteiger partial charge on any atom is 0.202 e. The minimum atomic E-state index is 0.0993. The fourth-order valence-electron chi connectivity index (χ4n) is 1.80. The molecule has 0 aliphatic carbocycles. The summed E-state index contributed by atoms with van der Waals surface area (Å²) in [5, 5.41) is 21.8. The van der Waals surface area contributed by atoms with Gasteiger partial charge in [0.1, 0.15) is 17.8 Å². The van der Waals surface area contributed by atoms with Crippen LogP contribution in [0.3, 0.4) is 0 Å². The van der Waals surface area contributed by atoms with Gasteiger partial charge in [-0.25, -0.2) is 4.98 Å². The number of hydrogen-bond acceptors (Lipinski definition) is 6. The lowest BCUT2D eigenvalue weighted by Gasteiger charge is -1.98. The molecule has 0 aliphatic heterocycles. The number of imidazole rings is 1. The van der Waals surface area contributed by atoms with E-state index in [1.54, 1.807) is 29.0 Å². The van der Waals surface area contributed by atoms with E-state index < -0.39 is 0 Å². The predicted octanol–water partition coefficient (Wildman–Crippen LogP) is 1.92. The monoisotopic (exact) mass is 265 g/mol. The van der Waals surface area contributed by atoms with Crippen molar-refractivity contribution in [1.82, 2.24) is 14.7 Å². The second-order valence-corrected chi connectivity index (χ2v) is 3.95. The van der Waals surface area contributed by atoms with E-state index in [1.165, 1.54) is 6.33 Å². The van der Waals surface area contributed by atoms with Crippen LogP contribution in [-0.4, -0.2) is 14.7 Å². The van der Waals surface area contributed by atoms with Gasteiger partial charge in [-0.3, -0.25) is 0 Å². The Balaban J connectivity index is 1.88. The highest BCUT2D eigenvalue weighted by molar-refractivity contribution is 5.49. The van der Waals surface area contributed by atoms with E-state index in [1.807, 2.05) is 12.1 Å². The molecule has 3 heterocycles. The first-order valence-corrected chi connectivity index (χ1v) is 5.66. The second-order valence-electron chi connectivity index (χ2n) is 3.95. The van der Waals surface area contributed by atoms with Crippen molar-refractivity contribution >= 4 is 0 Å². The molecule has 7 nitrogen and oxygen atoms in total. The third-order valence-electron chi connectivity index (χ3n) is 2.70. The first-order valence-electron chi connectivity index (χ1n) is 5.66. The Morgan fingerprint density at radius 2 is 2.15 bits per heavy atom. The van der Waals surface area contributed by atoms with E-state index in [9.17, 15) is 0 Å². The summed E-state index contributed by atoms with van der Waals surface area (Å²) >= 11 is 0. The summed E-state index contributed by atoms with van der Waals surface area (Å²) < 4.78 is 11.9. The molecule has 0 bridgehead atoms. The Hall–Kier alpha value is -3.32. The van der Waals surface area contributed by atoms with Crippen LogP contribution in [0.1, 0.15) is 17.1 Å². The van der Waals surface area contributed by atoms with Gasteiger partial charge in [0.2, 0.25) is 5.76 Å². The summed E-state index contributed by atoms with van der Waals surface area (Å²) in [7, 11) is 0. The van der Waals surface area contributed by atoms with Crippen LogP contribution < -0.4 is 0 Å². The normalized spacial score (nSPS) is 10.1. The molecule has 0 spiro atoms. The Morgan fingerprint density at radius 3 is 2.85 bits per heavy atom. The van der Waals surface area contributed by atoms with Crippen molar-refractivity contribution in [3.8, 4) is 23.7 Å². The molecule has 0 aliphatic rings. The zero-order chi connectivity index (χ0) is 13.9. The molecule has 3 rings (SSSR count). The summed E-state index contributed by atoms with van der Waals surface area (Å²) in [6.07, 6.45) is 2.97. The van der Waals surface area contributed by atoms with Crippen molar-refractivity contribution in [3.05, 3.63) is 47.9 Å². The van der Waals surface area contributed by atoms with Crippen LogP contribution in [0.4, 0.5) is 0 Å². The summed E-state index contributed by atoms with van der Waals surface area (Å²) in [6, 6.07) is 9.04. The molecule has 0 N–H and O–H groups in total. The number of aromatic nitrogens is 3. The number of nitrogens with zero attached hydrogens (tertiary/aromatic N) is 5. The average Bonchev–Trinajstić information content (AvgIpc) is 3.19. The van der Waals surface area contributed by atoms with E-state index in [0.29, 0.717) is 23.8 Å². The Kier molecular flexibility index (Phi) is 2.79. The minimum absolute atomic E-state index is 0.0993. The molecule has 0 amide bonds.